The fourth-order valence-corrected chi connectivity index (χ4v) is 2.92. The van der Waals surface area contributed by atoms with E-state index in [4.69, 9.17) is 0 Å². The Bertz CT molecular complexity index is 1090. The van der Waals surface area contributed by atoms with Crippen LogP contribution in [0.15, 0.2) is 60.9 Å². The van der Waals surface area contributed by atoms with Crippen molar-refractivity contribution in [2.75, 3.05) is 5.32 Å². The van der Waals surface area contributed by atoms with Gasteiger partial charge in [-0.1, -0.05) is 18.2 Å². The number of benzene rings is 1. The number of pyridine rings is 1. The highest BCUT2D eigenvalue weighted by Crippen LogP contribution is 2.20. The number of amides is 1. The van der Waals surface area contributed by atoms with Crippen molar-refractivity contribution in [2.24, 2.45) is 0 Å². The third kappa shape index (κ3) is 3.67. The Morgan fingerprint density at radius 2 is 1.85 bits per heavy atom. The molecule has 0 bridgehead atoms. The molecule has 0 aliphatic heterocycles. The fourth-order valence-electron chi connectivity index (χ4n) is 2.92. The second kappa shape index (κ2) is 7.33. The molecule has 0 saturated carbocycles. The molecule has 0 aliphatic rings. The quantitative estimate of drug-likeness (QED) is 0.593. The minimum Gasteiger partial charge on any atom is -0.310 e. The number of nitrogens with one attached hydrogen (secondary N) is 1. The van der Waals surface area contributed by atoms with Crippen molar-refractivity contribution < 1.29 is 4.79 Å². The number of rotatable bonds is 5. The zero-order chi connectivity index (χ0) is 18.6. The molecule has 0 unspecified atom stereocenters. The zero-order valence-corrected chi connectivity index (χ0v) is 14.8. The van der Waals surface area contributed by atoms with Gasteiger partial charge in [-0.05, 0) is 37.3 Å². The van der Waals surface area contributed by atoms with Crippen molar-refractivity contribution in [2.45, 2.75) is 19.9 Å². The van der Waals surface area contributed by atoms with E-state index in [9.17, 15) is 4.79 Å². The van der Waals surface area contributed by atoms with Gasteiger partial charge in [0.05, 0.1) is 11.0 Å². The van der Waals surface area contributed by atoms with Gasteiger partial charge in [0.1, 0.15) is 11.5 Å². The molecule has 0 saturated heterocycles. The van der Waals surface area contributed by atoms with Gasteiger partial charge in [-0.2, -0.15) is 0 Å². The summed E-state index contributed by atoms with van der Waals surface area (Å²) < 4.78 is 2.00. The van der Waals surface area contributed by atoms with Crippen molar-refractivity contribution >= 4 is 22.9 Å². The summed E-state index contributed by atoms with van der Waals surface area (Å²) in [5.74, 6) is 0.731. The van der Waals surface area contributed by atoms with Gasteiger partial charge in [-0.15, -0.1) is 0 Å². The molecule has 7 heteroatoms. The number of nitrogens with zero attached hydrogens (tertiary/aromatic N) is 5. The lowest BCUT2D eigenvalue weighted by Gasteiger charge is -2.10. The number of hydrogen-bond donors (Lipinski definition) is 1. The van der Waals surface area contributed by atoms with E-state index < -0.39 is 0 Å². The van der Waals surface area contributed by atoms with Gasteiger partial charge in [0, 0.05) is 31.1 Å². The van der Waals surface area contributed by atoms with Crippen LogP contribution in [0.25, 0.3) is 11.0 Å². The fraction of sp³-hybridized carbons (Fsp3) is 0.150. The number of aromatic nitrogens is 5. The monoisotopic (exact) mass is 358 g/mol. The Balaban J connectivity index is 1.64. The number of para-hydroxylation sites is 2. The summed E-state index contributed by atoms with van der Waals surface area (Å²) in [7, 11) is 0. The summed E-state index contributed by atoms with van der Waals surface area (Å²) in [6.45, 7) is 2.40. The predicted molar refractivity (Wildman–Crippen MR) is 102 cm³/mol. The molecule has 0 fully saturated rings. The number of aryl methyl sites for hydroxylation is 3. The van der Waals surface area contributed by atoms with Crippen molar-refractivity contribution in [3.05, 3.63) is 78.1 Å². The van der Waals surface area contributed by atoms with E-state index in [1.807, 2.05) is 47.0 Å². The maximum absolute atomic E-state index is 12.6. The highest BCUT2D eigenvalue weighted by atomic mass is 16.2. The Kier molecular flexibility index (Phi) is 4.57. The van der Waals surface area contributed by atoms with Crippen molar-refractivity contribution in [1.82, 2.24) is 24.5 Å². The Labute approximate surface area is 156 Å². The molecule has 134 valence electrons. The number of carbonyl (C=O) groups is 1. The first kappa shape index (κ1) is 16.8. The van der Waals surface area contributed by atoms with Gasteiger partial charge in [0.15, 0.2) is 0 Å². The summed E-state index contributed by atoms with van der Waals surface area (Å²) in [4.78, 5) is 29.8. The van der Waals surface area contributed by atoms with Crippen LogP contribution < -0.4 is 5.32 Å². The van der Waals surface area contributed by atoms with E-state index in [0.29, 0.717) is 24.0 Å². The summed E-state index contributed by atoms with van der Waals surface area (Å²) >= 11 is 0. The van der Waals surface area contributed by atoms with Crippen molar-refractivity contribution in [3.63, 3.8) is 0 Å². The van der Waals surface area contributed by atoms with Gasteiger partial charge in [0.25, 0.3) is 5.91 Å². The van der Waals surface area contributed by atoms with Gasteiger partial charge >= 0.3 is 0 Å². The number of fused-ring (bicyclic) bond motifs is 1. The van der Waals surface area contributed by atoms with E-state index in [1.165, 1.54) is 0 Å². The topological polar surface area (TPSA) is 85.6 Å². The minimum atomic E-state index is -0.310. The third-order valence-electron chi connectivity index (χ3n) is 4.21. The standard InChI is InChI=1S/C20H18N6O/c1-14-21-12-9-17(23-14)19(27)25-20-24-16-7-2-3-8-18(16)26(20)13-10-15-6-4-5-11-22-15/h2-9,11-12H,10,13H2,1H3,(H,24,25,27). The second-order valence-corrected chi connectivity index (χ2v) is 6.09. The molecule has 7 nitrogen and oxygen atoms in total. The lowest BCUT2D eigenvalue weighted by atomic mass is 10.2. The molecule has 1 amide bonds. The lowest BCUT2D eigenvalue weighted by molar-refractivity contribution is 0.102. The molecule has 1 N–H and O–H groups in total. The molecule has 3 aromatic heterocycles. The molecular formula is C20H18N6O. The molecule has 0 radical (unpaired) electrons. The maximum Gasteiger partial charge on any atom is 0.276 e. The van der Waals surface area contributed by atoms with Crippen LogP contribution in [0.4, 0.5) is 5.95 Å². The largest absolute Gasteiger partial charge is 0.310 e. The molecule has 4 rings (SSSR count). The lowest BCUT2D eigenvalue weighted by Crippen LogP contribution is -2.18. The normalized spacial score (nSPS) is 10.9. The Morgan fingerprint density at radius 1 is 1.00 bits per heavy atom. The SMILES string of the molecule is Cc1nccc(C(=O)Nc2nc3ccccc3n2CCc2ccccn2)n1. The van der Waals surface area contributed by atoms with E-state index >= 15 is 0 Å². The molecule has 27 heavy (non-hydrogen) atoms. The van der Waals surface area contributed by atoms with E-state index in [-0.39, 0.29) is 5.91 Å². The molecule has 1 aromatic carbocycles. The Morgan fingerprint density at radius 3 is 2.67 bits per heavy atom. The minimum absolute atomic E-state index is 0.310. The maximum atomic E-state index is 12.6. The van der Waals surface area contributed by atoms with Crippen LogP contribution in [0.5, 0.6) is 0 Å². The molecule has 0 aliphatic carbocycles. The molecule has 3 heterocycles. The van der Waals surface area contributed by atoms with Gasteiger partial charge in [-0.25, -0.2) is 15.0 Å². The molecular weight excluding hydrogens is 340 g/mol. The highest BCUT2D eigenvalue weighted by molar-refractivity contribution is 6.02. The zero-order valence-electron chi connectivity index (χ0n) is 14.8. The molecule has 4 aromatic rings. The summed E-state index contributed by atoms with van der Waals surface area (Å²) in [5.41, 5.74) is 3.08. The highest BCUT2D eigenvalue weighted by Gasteiger charge is 2.15. The first-order valence-electron chi connectivity index (χ1n) is 8.67. The second-order valence-electron chi connectivity index (χ2n) is 6.09. The summed E-state index contributed by atoms with van der Waals surface area (Å²) in [6.07, 6.45) is 4.08. The first-order chi connectivity index (χ1) is 13.2. The molecule has 0 atom stereocenters. The van der Waals surface area contributed by atoms with Crippen LogP contribution in [-0.2, 0) is 13.0 Å². The van der Waals surface area contributed by atoms with Crippen LogP contribution in [0.2, 0.25) is 0 Å². The Hall–Kier alpha value is -3.61. The van der Waals surface area contributed by atoms with E-state index in [0.717, 1.165) is 23.1 Å². The smallest absolute Gasteiger partial charge is 0.276 e. The summed E-state index contributed by atoms with van der Waals surface area (Å²) in [6, 6.07) is 15.2. The van der Waals surface area contributed by atoms with Crippen LogP contribution in [0.3, 0.4) is 0 Å². The van der Waals surface area contributed by atoms with Crippen molar-refractivity contribution in [3.8, 4) is 0 Å². The van der Waals surface area contributed by atoms with E-state index in [1.54, 1.807) is 25.4 Å². The van der Waals surface area contributed by atoms with Gasteiger partial charge in [0.2, 0.25) is 5.95 Å². The van der Waals surface area contributed by atoms with Crippen LogP contribution >= 0.6 is 0 Å². The van der Waals surface area contributed by atoms with Crippen LogP contribution in [-0.4, -0.2) is 30.4 Å². The third-order valence-corrected chi connectivity index (χ3v) is 4.21. The first-order valence-corrected chi connectivity index (χ1v) is 8.67. The van der Waals surface area contributed by atoms with Crippen LogP contribution in [0, 0.1) is 6.92 Å². The van der Waals surface area contributed by atoms with E-state index in [2.05, 4.69) is 25.3 Å². The van der Waals surface area contributed by atoms with Gasteiger partial charge < -0.3 is 4.57 Å². The predicted octanol–water partition coefficient (Wildman–Crippen LogP) is 3.02. The number of carbonyl (C=O) groups excluding carboxylic acids is 1. The average Bonchev–Trinajstić information content (AvgIpc) is 3.04. The van der Waals surface area contributed by atoms with Crippen LogP contribution in [0.1, 0.15) is 22.0 Å². The molecule has 0 spiro atoms. The number of anilines is 1. The van der Waals surface area contributed by atoms with Gasteiger partial charge in [-0.3, -0.25) is 15.1 Å². The summed E-state index contributed by atoms with van der Waals surface area (Å²) in [5, 5.41) is 2.88. The van der Waals surface area contributed by atoms with Crippen molar-refractivity contribution in [1.29, 1.82) is 0 Å². The number of hydrogen-bond acceptors (Lipinski definition) is 5. The number of imidazole rings is 1. The average molecular weight is 358 g/mol.